The van der Waals surface area contributed by atoms with Gasteiger partial charge in [0.15, 0.2) is 40.5 Å². The van der Waals surface area contributed by atoms with Gasteiger partial charge in [0.25, 0.3) is 11.1 Å². The van der Waals surface area contributed by atoms with Crippen LogP contribution in [0.3, 0.4) is 0 Å². The number of hydrogen-bond acceptors (Lipinski definition) is 14. The van der Waals surface area contributed by atoms with Gasteiger partial charge in [-0.2, -0.15) is 4.98 Å². The van der Waals surface area contributed by atoms with Crippen LogP contribution in [0.2, 0.25) is 0 Å². The molecular weight excluding hydrogens is 592 g/mol. The van der Waals surface area contributed by atoms with Gasteiger partial charge in [-0.15, -0.1) is 0 Å². The van der Waals surface area contributed by atoms with Crippen LogP contribution >= 0.6 is 6.72 Å². The van der Waals surface area contributed by atoms with E-state index in [1.165, 1.54) is 10.9 Å². The zero-order valence-corrected chi connectivity index (χ0v) is 22.4. The molecule has 6 heterocycles. The van der Waals surface area contributed by atoms with Crippen molar-refractivity contribution >= 4 is 46.8 Å². The molecule has 1 unspecified atom stereocenters. The summed E-state index contributed by atoms with van der Waals surface area (Å²) in [6.07, 6.45) is -3.72. The van der Waals surface area contributed by atoms with Crippen molar-refractivity contribution in [3.8, 4) is 0 Å². The quantitative estimate of drug-likeness (QED) is 0.119. The number of aliphatic hydroxyl groups is 2. The molecule has 2 saturated heterocycles. The van der Waals surface area contributed by atoms with E-state index in [0.29, 0.717) is 0 Å². The van der Waals surface area contributed by atoms with Crippen molar-refractivity contribution in [3.63, 3.8) is 0 Å². The van der Waals surface area contributed by atoms with Crippen molar-refractivity contribution in [2.75, 3.05) is 25.6 Å². The average Bonchev–Trinajstić information content (AvgIpc) is 3.69. The topological polar surface area (TPSA) is 251 Å². The summed E-state index contributed by atoms with van der Waals surface area (Å²) in [6.45, 7) is -5.47. The second-order valence-electron chi connectivity index (χ2n) is 9.42. The van der Waals surface area contributed by atoms with Crippen LogP contribution in [0.15, 0.2) is 28.6 Å². The summed E-state index contributed by atoms with van der Waals surface area (Å²) in [6, 6.07) is 0. The highest BCUT2D eigenvalue weighted by Gasteiger charge is 2.50. The Morgan fingerprint density at radius 2 is 2.00 bits per heavy atom. The lowest BCUT2D eigenvalue weighted by Crippen LogP contribution is -2.37. The number of H-pyrrole nitrogens is 2. The van der Waals surface area contributed by atoms with E-state index < -0.39 is 67.5 Å². The van der Waals surface area contributed by atoms with E-state index in [-0.39, 0.29) is 41.3 Å². The molecule has 220 valence electrons. The van der Waals surface area contributed by atoms with Gasteiger partial charge in [0.2, 0.25) is 5.95 Å². The number of halogens is 1. The Morgan fingerprint density at radius 1 is 1.24 bits per heavy atom. The first-order valence-corrected chi connectivity index (χ1v) is 14.6. The third-order valence-electron chi connectivity index (χ3n) is 6.78. The lowest BCUT2D eigenvalue weighted by Gasteiger charge is -2.33. The normalized spacial score (nSPS) is 29.9. The summed E-state index contributed by atoms with van der Waals surface area (Å²) in [4.78, 5) is 56.0. The first-order valence-electron chi connectivity index (χ1n) is 12.0. The van der Waals surface area contributed by atoms with E-state index in [0.717, 1.165) is 17.2 Å². The fraction of sp³-hybridized carbons (Fsp3) is 0.500. The number of aliphatic hydroxyl groups excluding tert-OH is 2. The third-order valence-corrected chi connectivity index (χ3v) is 8.37. The van der Waals surface area contributed by atoms with E-state index in [2.05, 4.69) is 29.9 Å². The number of hydrogen-bond donors (Lipinski definition) is 6. The SMILES string of the molecule is Nc1nc2c(ncn2[C@@]2(OP(O)(=S)OC[C@H]3O[C@@H](n4cnc5c(=O)[nH]cnc54)[C@@H](F)[C@@H]3O)CO[C@H](CO)C2)c(=O)[nH]1. The standard InChI is InChI=1S/C20H23FN9O9PS/c21-10-13(32)9(38-18(10)29-6-25-11-14(29)23-5-24-16(11)33)3-37-40(35,41)39-20(1-8(2-31)36-4-20)30-7-26-12-15(30)27-19(22)28-17(12)34/h5-10,13,18,31-32H,1-4H2,(H,35,41)(H,23,24,33)(H3,22,27,28,34)/t8-,9+,10-,13+,18+,20-,40?/m0/s1. The number of aromatic amines is 2. The first-order chi connectivity index (χ1) is 19.5. The van der Waals surface area contributed by atoms with E-state index in [9.17, 15) is 24.7 Å². The van der Waals surface area contributed by atoms with Crippen LogP contribution in [0.4, 0.5) is 10.3 Å². The fourth-order valence-corrected chi connectivity index (χ4v) is 6.49. The predicted molar refractivity (Wildman–Crippen MR) is 138 cm³/mol. The molecule has 0 radical (unpaired) electrons. The zero-order valence-electron chi connectivity index (χ0n) is 20.7. The van der Waals surface area contributed by atoms with Crippen LogP contribution in [0.25, 0.3) is 22.3 Å². The molecule has 7 N–H and O–H groups in total. The van der Waals surface area contributed by atoms with Crippen LogP contribution in [-0.2, 0) is 36.1 Å². The monoisotopic (exact) mass is 615 g/mol. The van der Waals surface area contributed by atoms with Gasteiger partial charge < -0.3 is 39.8 Å². The average molecular weight is 615 g/mol. The molecule has 21 heteroatoms. The molecule has 0 amide bonds. The molecule has 7 atom stereocenters. The minimum atomic E-state index is -4.22. The number of ether oxygens (including phenoxy) is 2. The smallest absolute Gasteiger partial charge is 0.326 e. The van der Waals surface area contributed by atoms with Crippen LogP contribution in [-0.4, -0.2) is 98.4 Å². The number of imidazole rings is 2. The van der Waals surface area contributed by atoms with Gasteiger partial charge in [-0.3, -0.25) is 28.2 Å². The van der Waals surface area contributed by atoms with Crippen molar-refractivity contribution < 1.29 is 38.0 Å². The largest absolute Gasteiger partial charge is 0.394 e. The van der Waals surface area contributed by atoms with Crippen LogP contribution in [0.1, 0.15) is 12.6 Å². The van der Waals surface area contributed by atoms with Gasteiger partial charge in [0.05, 0.1) is 44.9 Å². The van der Waals surface area contributed by atoms with Crippen LogP contribution < -0.4 is 16.9 Å². The second kappa shape index (κ2) is 10.3. The molecular formula is C20H23FN9O9PS. The minimum Gasteiger partial charge on any atom is -0.394 e. The number of nitrogens with two attached hydrogens (primary N) is 1. The van der Waals surface area contributed by atoms with Gasteiger partial charge in [0, 0.05) is 6.42 Å². The molecule has 2 fully saturated rings. The molecule has 0 bridgehead atoms. The Bertz CT molecular complexity index is 1780. The molecule has 2 aliphatic rings. The Kier molecular flexibility index (Phi) is 6.99. The summed E-state index contributed by atoms with van der Waals surface area (Å²) >= 11 is 5.23. The summed E-state index contributed by atoms with van der Waals surface area (Å²) in [5, 5.41) is 20.2. The summed E-state index contributed by atoms with van der Waals surface area (Å²) in [5.74, 6) is -0.204. The van der Waals surface area contributed by atoms with Gasteiger partial charge >= 0.3 is 6.72 Å². The maximum Gasteiger partial charge on any atom is 0.326 e. The molecule has 0 aliphatic carbocycles. The number of nitrogen functional groups attached to an aromatic ring is 1. The lowest BCUT2D eigenvalue weighted by molar-refractivity contribution is -0.0589. The summed E-state index contributed by atoms with van der Waals surface area (Å²) in [5.41, 5.74) is 2.82. The van der Waals surface area contributed by atoms with Gasteiger partial charge in [-0.05, 0) is 11.8 Å². The minimum absolute atomic E-state index is 0.00102. The molecule has 41 heavy (non-hydrogen) atoms. The van der Waals surface area contributed by atoms with E-state index in [1.807, 2.05) is 0 Å². The Labute approximate surface area is 232 Å². The Balaban J connectivity index is 1.23. The number of anilines is 1. The number of alkyl halides is 1. The van der Waals surface area contributed by atoms with Gasteiger partial charge in [-0.25, -0.2) is 19.3 Å². The van der Waals surface area contributed by atoms with E-state index >= 15 is 4.39 Å². The molecule has 0 saturated carbocycles. The van der Waals surface area contributed by atoms with Crippen molar-refractivity contribution in [1.29, 1.82) is 0 Å². The predicted octanol–water partition coefficient (Wildman–Crippen LogP) is -1.88. The molecule has 4 aromatic heterocycles. The Morgan fingerprint density at radius 3 is 2.76 bits per heavy atom. The fourth-order valence-electron chi connectivity index (χ4n) is 4.86. The summed E-state index contributed by atoms with van der Waals surface area (Å²) < 4.78 is 40.2. The Hall–Kier alpha value is -3.20. The summed E-state index contributed by atoms with van der Waals surface area (Å²) in [7, 11) is 0. The first kappa shape index (κ1) is 27.9. The van der Waals surface area contributed by atoms with Gasteiger partial charge in [-0.1, -0.05) is 0 Å². The van der Waals surface area contributed by atoms with Crippen LogP contribution in [0, 0.1) is 0 Å². The highest BCUT2D eigenvalue weighted by atomic mass is 32.5. The van der Waals surface area contributed by atoms with Crippen LogP contribution in [0.5, 0.6) is 0 Å². The number of aromatic nitrogens is 8. The maximum absolute atomic E-state index is 15.1. The van der Waals surface area contributed by atoms with E-state index in [4.69, 9.17) is 36.1 Å². The van der Waals surface area contributed by atoms with Crippen molar-refractivity contribution in [1.82, 2.24) is 39.0 Å². The second-order valence-corrected chi connectivity index (χ2v) is 12.2. The highest BCUT2D eigenvalue weighted by molar-refractivity contribution is 8.07. The number of nitrogens with one attached hydrogen (secondary N) is 2. The number of rotatable bonds is 8. The maximum atomic E-state index is 15.1. The molecule has 6 rings (SSSR count). The molecule has 4 aromatic rings. The number of nitrogens with zero attached hydrogens (tertiary/aromatic N) is 6. The zero-order chi connectivity index (χ0) is 29.1. The highest BCUT2D eigenvalue weighted by Crippen LogP contribution is 2.53. The number of fused-ring (bicyclic) bond motifs is 2. The molecule has 18 nitrogen and oxygen atoms in total. The molecule has 0 aromatic carbocycles. The molecule has 2 aliphatic heterocycles. The third kappa shape index (κ3) is 4.86. The van der Waals surface area contributed by atoms with Crippen molar-refractivity contribution in [2.45, 2.75) is 42.9 Å². The van der Waals surface area contributed by atoms with Gasteiger partial charge in [0.1, 0.15) is 12.2 Å². The molecule has 0 spiro atoms. The van der Waals surface area contributed by atoms with Crippen molar-refractivity contribution in [3.05, 3.63) is 39.7 Å². The lowest BCUT2D eigenvalue weighted by atomic mass is 10.1. The van der Waals surface area contributed by atoms with Crippen molar-refractivity contribution in [2.24, 2.45) is 0 Å². The van der Waals surface area contributed by atoms with E-state index in [1.54, 1.807) is 0 Å².